The molecule has 0 aromatic heterocycles. The van der Waals surface area contributed by atoms with Gasteiger partial charge in [-0.15, -0.1) is 0 Å². The number of thioether (sulfide) groups is 1. The van der Waals surface area contributed by atoms with Crippen molar-refractivity contribution in [3.05, 3.63) is 0 Å². The summed E-state index contributed by atoms with van der Waals surface area (Å²) >= 11 is 2.07. The molecule has 1 saturated carbocycles. The maximum absolute atomic E-state index is 2.77. The summed E-state index contributed by atoms with van der Waals surface area (Å²) in [5.74, 6) is 0. The standard InChI is InChI=1S/C12H23NS/c1-14-12-7-9-13(10-8-12)11-5-3-2-4-6-11/h11-12H,2-10H2,1H3. The summed E-state index contributed by atoms with van der Waals surface area (Å²) in [6.07, 6.45) is 12.5. The molecule has 1 heterocycles. The summed E-state index contributed by atoms with van der Waals surface area (Å²) in [6.45, 7) is 2.74. The molecule has 2 aliphatic rings. The zero-order chi connectivity index (χ0) is 9.80. The lowest BCUT2D eigenvalue weighted by Gasteiger charge is -2.38. The van der Waals surface area contributed by atoms with Gasteiger partial charge in [-0.25, -0.2) is 0 Å². The van der Waals surface area contributed by atoms with Crippen LogP contribution in [0, 0.1) is 0 Å². The van der Waals surface area contributed by atoms with E-state index in [9.17, 15) is 0 Å². The van der Waals surface area contributed by atoms with Crippen LogP contribution in [0.1, 0.15) is 44.9 Å². The van der Waals surface area contributed by atoms with Crippen molar-refractivity contribution in [2.45, 2.75) is 56.2 Å². The van der Waals surface area contributed by atoms with E-state index < -0.39 is 0 Å². The lowest BCUT2D eigenvalue weighted by molar-refractivity contribution is 0.133. The normalized spacial score (nSPS) is 28.1. The quantitative estimate of drug-likeness (QED) is 0.693. The first kappa shape index (κ1) is 10.8. The third-order valence-corrected chi connectivity index (χ3v) is 5.04. The Morgan fingerprint density at radius 1 is 0.929 bits per heavy atom. The van der Waals surface area contributed by atoms with E-state index in [-0.39, 0.29) is 0 Å². The van der Waals surface area contributed by atoms with Gasteiger partial charge < -0.3 is 4.90 Å². The van der Waals surface area contributed by atoms with E-state index in [4.69, 9.17) is 0 Å². The molecule has 14 heavy (non-hydrogen) atoms. The van der Waals surface area contributed by atoms with E-state index in [1.807, 2.05) is 0 Å². The SMILES string of the molecule is CSC1CCN(C2CCCCC2)CC1. The van der Waals surface area contributed by atoms with Gasteiger partial charge in [0, 0.05) is 11.3 Å². The molecular formula is C12H23NS. The van der Waals surface area contributed by atoms with Gasteiger partial charge in [0.25, 0.3) is 0 Å². The Morgan fingerprint density at radius 2 is 1.57 bits per heavy atom. The Bertz CT molecular complexity index is 158. The van der Waals surface area contributed by atoms with Crippen LogP contribution in [-0.4, -0.2) is 35.5 Å². The van der Waals surface area contributed by atoms with Crippen LogP contribution in [0.15, 0.2) is 0 Å². The molecule has 1 aliphatic carbocycles. The summed E-state index contributed by atoms with van der Waals surface area (Å²) in [6, 6.07) is 0.951. The Hall–Kier alpha value is 0.310. The maximum atomic E-state index is 2.77. The molecule has 1 saturated heterocycles. The molecule has 1 aliphatic heterocycles. The van der Waals surface area contributed by atoms with Crippen molar-refractivity contribution < 1.29 is 0 Å². The maximum Gasteiger partial charge on any atom is 0.00952 e. The zero-order valence-corrected chi connectivity index (χ0v) is 10.2. The fraction of sp³-hybridized carbons (Fsp3) is 1.00. The van der Waals surface area contributed by atoms with Crippen molar-refractivity contribution in [3.63, 3.8) is 0 Å². The van der Waals surface area contributed by atoms with Gasteiger partial charge in [0.1, 0.15) is 0 Å². The van der Waals surface area contributed by atoms with Crippen LogP contribution < -0.4 is 0 Å². The molecule has 0 unspecified atom stereocenters. The highest BCUT2D eigenvalue weighted by Crippen LogP contribution is 2.27. The first-order valence-electron chi connectivity index (χ1n) is 6.17. The number of piperidine rings is 1. The highest BCUT2D eigenvalue weighted by molar-refractivity contribution is 7.99. The average Bonchev–Trinajstić information content (AvgIpc) is 2.30. The second-order valence-electron chi connectivity index (χ2n) is 4.76. The van der Waals surface area contributed by atoms with Crippen molar-refractivity contribution in [3.8, 4) is 0 Å². The van der Waals surface area contributed by atoms with E-state index in [0.717, 1.165) is 11.3 Å². The lowest BCUT2D eigenvalue weighted by Crippen LogP contribution is -2.42. The summed E-state index contributed by atoms with van der Waals surface area (Å²) in [5.41, 5.74) is 0. The second-order valence-corrected chi connectivity index (χ2v) is 5.90. The number of rotatable bonds is 2. The van der Waals surface area contributed by atoms with E-state index in [1.165, 1.54) is 58.0 Å². The summed E-state index contributed by atoms with van der Waals surface area (Å²) in [7, 11) is 0. The molecule has 0 aromatic carbocycles. The zero-order valence-electron chi connectivity index (χ0n) is 9.37. The topological polar surface area (TPSA) is 3.24 Å². The smallest absolute Gasteiger partial charge is 0.00952 e. The second kappa shape index (κ2) is 5.41. The fourth-order valence-corrected chi connectivity index (χ4v) is 3.61. The molecule has 2 heteroatoms. The van der Waals surface area contributed by atoms with Crippen LogP contribution in [0.25, 0.3) is 0 Å². The van der Waals surface area contributed by atoms with Gasteiger partial charge in [-0.2, -0.15) is 11.8 Å². The first-order chi connectivity index (χ1) is 6.90. The van der Waals surface area contributed by atoms with Crippen LogP contribution >= 0.6 is 11.8 Å². The van der Waals surface area contributed by atoms with Crippen molar-refractivity contribution in [2.24, 2.45) is 0 Å². The van der Waals surface area contributed by atoms with Crippen LogP contribution in [0.5, 0.6) is 0 Å². The van der Waals surface area contributed by atoms with Crippen LogP contribution in [0.4, 0.5) is 0 Å². The molecule has 0 atom stereocenters. The molecule has 0 bridgehead atoms. The predicted molar refractivity (Wildman–Crippen MR) is 65.0 cm³/mol. The molecule has 0 amide bonds. The van der Waals surface area contributed by atoms with Crippen LogP contribution in [0.3, 0.4) is 0 Å². The number of hydrogen-bond acceptors (Lipinski definition) is 2. The largest absolute Gasteiger partial charge is 0.300 e. The molecule has 0 radical (unpaired) electrons. The van der Waals surface area contributed by atoms with Crippen molar-refractivity contribution in [2.75, 3.05) is 19.3 Å². The highest BCUT2D eigenvalue weighted by atomic mass is 32.2. The van der Waals surface area contributed by atoms with Gasteiger partial charge in [0.2, 0.25) is 0 Å². The van der Waals surface area contributed by atoms with Gasteiger partial charge >= 0.3 is 0 Å². The van der Waals surface area contributed by atoms with Crippen LogP contribution in [0.2, 0.25) is 0 Å². The Labute approximate surface area is 92.6 Å². The number of likely N-dealkylation sites (tertiary alicyclic amines) is 1. The molecule has 1 nitrogen and oxygen atoms in total. The van der Waals surface area contributed by atoms with Crippen molar-refractivity contribution in [1.82, 2.24) is 4.90 Å². The molecule has 82 valence electrons. The minimum absolute atomic E-state index is 0.951. The Kier molecular flexibility index (Phi) is 4.18. The number of hydrogen-bond donors (Lipinski definition) is 0. The van der Waals surface area contributed by atoms with E-state index in [0.29, 0.717) is 0 Å². The monoisotopic (exact) mass is 213 g/mol. The molecule has 2 rings (SSSR count). The van der Waals surface area contributed by atoms with Gasteiger partial charge in [-0.1, -0.05) is 19.3 Å². The fourth-order valence-electron chi connectivity index (χ4n) is 2.92. The lowest BCUT2D eigenvalue weighted by atomic mass is 9.93. The van der Waals surface area contributed by atoms with Gasteiger partial charge in [0.05, 0.1) is 0 Å². The van der Waals surface area contributed by atoms with E-state index in [2.05, 4.69) is 22.9 Å². The third-order valence-electron chi connectivity index (χ3n) is 3.90. The Balaban J connectivity index is 1.76. The Morgan fingerprint density at radius 3 is 2.14 bits per heavy atom. The summed E-state index contributed by atoms with van der Waals surface area (Å²) < 4.78 is 0. The molecule has 0 spiro atoms. The first-order valence-corrected chi connectivity index (χ1v) is 7.46. The minimum Gasteiger partial charge on any atom is -0.300 e. The van der Waals surface area contributed by atoms with Crippen molar-refractivity contribution >= 4 is 11.8 Å². The molecular weight excluding hydrogens is 190 g/mol. The minimum atomic E-state index is 0.951. The molecule has 2 fully saturated rings. The number of nitrogens with zero attached hydrogens (tertiary/aromatic N) is 1. The van der Waals surface area contributed by atoms with E-state index >= 15 is 0 Å². The van der Waals surface area contributed by atoms with Crippen molar-refractivity contribution in [1.29, 1.82) is 0 Å². The summed E-state index contributed by atoms with van der Waals surface area (Å²) in [5, 5.41) is 0.954. The molecule has 0 aromatic rings. The average molecular weight is 213 g/mol. The third kappa shape index (κ3) is 2.66. The van der Waals surface area contributed by atoms with Crippen LogP contribution in [-0.2, 0) is 0 Å². The van der Waals surface area contributed by atoms with E-state index in [1.54, 1.807) is 0 Å². The van der Waals surface area contributed by atoms with Gasteiger partial charge in [0.15, 0.2) is 0 Å². The van der Waals surface area contributed by atoms with Gasteiger partial charge in [-0.05, 0) is 45.0 Å². The predicted octanol–water partition coefficient (Wildman–Crippen LogP) is 3.15. The van der Waals surface area contributed by atoms with Gasteiger partial charge in [-0.3, -0.25) is 0 Å². The summed E-state index contributed by atoms with van der Waals surface area (Å²) in [4.78, 5) is 2.77. The highest BCUT2D eigenvalue weighted by Gasteiger charge is 2.25. The molecule has 0 N–H and O–H groups in total.